The lowest BCUT2D eigenvalue weighted by molar-refractivity contribution is 0.0691. The molecular formula is C17H22N2O3. The van der Waals surface area contributed by atoms with Gasteiger partial charge >= 0.3 is 5.97 Å². The Hall–Kier alpha value is -2.04. The number of benzene rings is 1. The summed E-state index contributed by atoms with van der Waals surface area (Å²) in [5.74, 6) is -0.577. The molecule has 1 N–H and O–H groups in total. The number of aromatic nitrogens is 2. The Balaban J connectivity index is 2.01. The maximum Gasteiger partial charge on any atom is 0.339 e. The molecule has 1 fully saturated rings. The molecule has 0 radical (unpaired) electrons. The third-order valence-electron chi connectivity index (χ3n) is 4.17. The molecule has 0 bridgehead atoms. The van der Waals surface area contributed by atoms with E-state index in [1.54, 1.807) is 12.1 Å². The monoisotopic (exact) mass is 302 g/mol. The molecule has 1 aromatic carbocycles. The van der Waals surface area contributed by atoms with Crippen LogP contribution >= 0.6 is 0 Å². The van der Waals surface area contributed by atoms with Crippen LogP contribution in [0.2, 0.25) is 0 Å². The summed E-state index contributed by atoms with van der Waals surface area (Å²) < 4.78 is 7.65. The minimum atomic E-state index is -0.969. The van der Waals surface area contributed by atoms with E-state index in [2.05, 4.69) is 5.10 Å². The van der Waals surface area contributed by atoms with Crippen molar-refractivity contribution in [3.05, 3.63) is 23.9 Å². The number of carboxylic acid groups (broad SMARTS) is 1. The van der Waals surface area contributed by atoms with Crippen LogP contribution < -0.4 is 4.74 Å². The minimum Gasteiger partial charge on any atom is -0.490 e. The molecule has 1 aliphatic carbocycles. The van der Waals surface area contributed by atoms with Gasteiger partial charge in [0.05, 0.1) is 17.7 Å². The summed E-state index contributed by atoms with van der Waals surface area (Å²) in [5, 5.41) is 14.9. The van der Waals surface area contributed by atoms with Gasteiger partial charge in [0.1, 0.15) is 11.3 Å². The first kappa shape index (κ1) is 14.9. The highest BCUT2D eigenvalue weighted by Gasteiger charge is 2.19. The van der Waals surface area contributed by atoms with E-state index in [1.807, 2.05) is 24.7 Å². The quantitative estimate of drug-likeness (QED) is 0.926. The van der Waals surface area contributed by atoms with Crippen LogP contribution in [0.3, 0.4) is 0 Å². The van der Waals surface area contributed by atoms with Crippen LogP contribution in [0.25, 0.3) is 10.9 Å². The Morgan fingerprint density at radius 3 is 2.68 bits per heavy atom. The van der Waals surface area contributed by atoms with Crippen LogP contribution in [0.1, 0.15) is 62.4 Å². The molecule has 3 rings (SSSR count). The van der Waals surface area contributed by atoms with Crippen LogP contribution in [0.5, 0.6) is 5.75 Å². The number of hydrogen-bond donors (Lipinski definition) is 1. The van der Waals surface area contributed by atoms with E-state index in [0.29, 0.717) is 11.8 Å². The molecule has 5 heteroatoms. The second-order valence-corrected chi connectivity index (χ2v) is 6.28. The molecule has 1 aliphatic rings. The number of carboxylic acids is 1. The van der Waals surface area contributed by atoms with Gasteiger partial charge in [0.25, 0.3) is 0 Å². The minimum absolute atomic E-state index is 0.0732. The molecule has 0 saturated heterocycles. The molecule has 1 heterocycles. The first-order valence-corrected chi connectivity index (χ1v) is 7.97. The van der Waals surface area contributed by atoms with E-state index in [0.717, 1.165) is 23.7 Å². The molecule has 0 amide bonds. The molecule has 1 saturated carbocycles. The standard InChI is InChI=1S/C17H22N2O3/c1-11(2)22-16-9-15-12(8-14(16)17(20)21)10-19(18-15)13-6-4-3-5-7-13/h8-11,13H,3-7H2,1-2H3,(H,20,21). The van der Waals surface area contributed by atoms with Crippen molar-refractivity contribution in [2.24, 2.45) is 0 Å². The Kier molecular flexibility index (Phi) is 4.05. The van der Waals surface area contributed by atoms with Gasteiger partial charge in [-0.25, -0.2) is 4.79 Å². The van der Waals surface area contributed by atoms with E-state index in [9.17, 15) is 9.90 Å². The molecule has 0 atom stereocenters. The van der Waals surface area contributed by atoms with E-state index in [1.165, 1.54) is 19.3 Å². The van der Waals surface area contributed by atoms with Crippen molar-refractivity contribution in [3.63, 3.8) is 0 Å². The van der Waals surface area contributed by atoms with Gasteiger partial charge < -0.3 is 9.84 Å². The first-order chi connectivity index (χ1) is 10.5. The Labute approximate surface area is 129 Å². The maximum absolute atomic E-state index is 11.4. The molecule has 0 spiro atoms. The summed E-state index contributed by atoms with van der Waals surface area (Å²) in [4.78, 5) is 11.4. The third-order valence-corrected chi connectivity index (χ3v) is 4.17. The highest BCUT2D eigenvalue weighted by Crippen LogP contribution is 2.31. The van der Waals surface area contributed by atoms with Gasteiger partial charge in [-0.15, -0.1) is 0 Å². The Morgan fingerprint density at radius 2 is 2.05 bits per heavy atom. The topological polar surface area (TPSA) is 64.4 Å². The summed E-state index contributed by atoms with van der Waals surface area (Å²) >= 11 is 0. The van der Waals surface area contributed by atoms with Gasteiger partial charge in [-0.2, -0.15) is 5.10 Å². The zero-order chi connectivity index (χ0) is 15.7. The summed E-state index contributed by atoms with van der Waals surface area (Å²) in [5.41, 5.74) is 0.996. The van der Waals surface area contributed by atoms with E-state index >= 15 is 0 Å². The largest absolute Gasteiger partial charge is 0.490 e. The van der Waals surface area contributed by atoms with Gasteiger partial charge in [-0.05, 0) is 32.8 Å². The molecule has 118 valence electrons. The van der Waals surface area contributed by atoms with Gasteiger partial charge in [0.15, 0.2) is 0 Å². The maximum atomic E-state index is 11.4. The van der Waals surface area contributed by atoms with Crippen LogP contribution in [-0.2, 0) is 0 Å². The summed E-state index contributed by atoms with van der Waals surface area (Å²) in [7, 11) is 0. The van der Waals surface area contributed by atoms with Crippen LogP contribution in [0.15, 0.2) is 18.3 Å². The van der Waals surface area contributed by atoms with Gasteiger partial charge in [-0.1, -0.05) is 19.3 Å². The smallest absolute Gasteiger partial charge is 0.339 e. The zero-order valence-corrected chi connectivity index (χ0v) is 13.1. The Morgan fingerprint density at radius 1 is 1.32 bits per heavy atom. The molecule has 0 aliphatic heterocycles. The van der Waals surface area contributed by atoms with Crippen LogP contribution in [0, 0.1) is 0 Å². The number of rotatable bonds is 4. The average molecular weight is 302 g/mol. The van der Waals surface area contributed by atoms with Gasteiger partial charge in [0, 0.05) is 17.6 Å². The van der Waals surface area contributed by atoms with Crippen molar-refractivity contribution in [2.45, 2.75) is 58.1 Å². The molecule has 0 unspecified atom stereocenters. The average Bonchev–Trinajstić information content (AvgIpc) is 2.89. The number of ether oxygens (including phenoxy) is 1. The number of aromatic carboxylic acids is 1. The molecular weight excluding hydrogens is 280 g/mol. The van der Waals surface area contributed by atoms with E-state index in [-0.39, 0.29) is 11.7 Å². The summed E-state index contributed by atoms with van der Waals surface area (Å²) in [6.45, 7) is 3.77. The number of carbonyl (C=O) groups is 1. The van der Waals surface area contributed by atoms with Crippen molar-refractivity contribution in [3.8, 4) is 5.75 Å². The third kappa shape index (κ3) is 2.93. The van der Waals surface area contributed by atoms with Crippen molar-refractivity contribution in [1.82, 2.24) is 9.78 Å². The lowest BCUT2D eigenvalue weighted by Gasteiger charge is -2.21. The summed E-state index contributed by atoms with van der Waals surface area (Å²) in [6.07, 6.45) is 7.97. The van der Waals surface area contributed by atoms with Gasteiger partial charge in [0.2, 0.25) is 0 Å². The lowest BCUT2D eigenvalue weighted by atomic mass is 9.96. The van der Waals surface area contributed by atoms with Crippen molar-refractivity contribution < 1.29 is 14.6 Å². The van der Waals surface area contributed by atoms with Crippen LogP contribution in [-0.4, -0.2) is 27.0 Å². The highest BCUT2D eigenvalue weighted by atomic mass is 16.5. The fourth-order valence-electron chi connectivity index (χ4n) is 3.12. The molecule has 1 aromatic heterocycles. The Bertz CT molecular complexity index is 685. The molecule has 2 aromatic rings. The second kappa shape index (κ2) is 5.99. The van der Waals surface area contributed by atoms with Crippen LogP contribution in [0.4, 0.5) is 0 Å². The van der Waals surface area contributed by atoms with Gasteiger partial charge in [-0.3, -0.25) is 4.68 Å². The molecule has 22 heavy (non-hydrogen) atoms. The highest BCUT2D eigenvalue weighted by molar-refractivity contribution is 5.96. The fraction of sp³-hybridized carbons (Fsp3) is 0.529. The SMILES string of the molecule is CC(C)Oc1cc2nn(C3CCCCC3)cc2cc1C(=O)O. The number of fused-ring (bicyclic) bond motifs is 1. The lowest BCUT2D eigenvalue weighted by Crippen LogP contribution is -2.12. The fourth-order valence-corrected chi connectivity index (χ4v) is 3.12. The number of nitrogens with zero attached hydrogens (tertiary/aromatic N) is 2. The molecule has 5 nitrogen and oxygen atoms in total. The summed E-state index contributed by atoms with van der Waals surface area (Å²) in [6, 6.07) is 3.85. The van der Waals surface area contributed by atoms with E-state index < -0.39 is 5.97 Å². The van der Waals surface area contributed by atoms with Crippen molar-refractivity contribution >= 4 is 16.9 Å². The first-order valence-electron chi connectivity index (χ1n) is 7.97. The predicted octanol–water partition coefficient (Wildman–Crippen LogP) is 4.03. The zero-order valence-electron chi connectivity index (χ0n) is 13.1. The normalized spacial score (nSPS) is 16.3. The predicted molar refractivity (Wildman–Crippen MR) is 84.6 cm³/mol. The second-order valence-electron chi connectivity index (χ2n) is 6.28. The number of hydrogen-bond acceptors (Lipinski definition) is 3. The van der Waals surface area contributed by atoms with Crippen molar-refractivity contribution in [2.75, 3.05) is 0 Å². The van der Waals surface area contributed by atoms with E-state index in [4.69, 9.17) is 4.74 Å². The van der Waals surface area contributed by atoms with Crippen molar-refractivity contribution in [1.29, 1.82) is 0 Å².